The Morgan fingerprint density at radius 3 is 2.47 bits per heavy atom. The zero-order valence-electron chi connectivity index (χ0n) is 9.16. The molecule has 0 unspecified atom stereocenters. The molecular formula is C12H17NO2. The van der Waals surface area contributed by atoms with Crippen LogP contribution in [0.3, 0.4) is 0 Å². The molecule has 2 N–H and O–H groups in total. The molecule has 0 fully saturated rings. The van der Waals surface area contributed by atoms with Crippen LogP contribution < -0.4 is 5.32 Å². The van der Waals surface area contributed by atoms with Gasteiger partial charge in [0.2, 0.25) is 0 Å². The van der Waals surface area contributed by atoms with Gasteiger partial charge in [0.15, 0.2) is 0 Å². The third-order valence-corrected chi connectivity index (χ3v) is 2.21. The summed E-state index contributed by atoms with van der Waals surface area (Å²) in [5.74, 6) is -0.823. The van der Waals surface area contributed by atoms with Crippen molar-refractivity contribution in [1.82, 2.24) is 5.32 Å². The molecule has 0 heterocycles. The first kappa shape index (κ1) is 11.7. The molecule has 82 valence electrons. The fraction of sp³-hybridized carbons (Fsp3) is 0.417. The molecule has 0 aliphatic carbocycles. The number of benzene rings is 1. The van der Waals surface area contributed by atoms with Gasteiger partial charge in [-0.05, 0) is 25.8 Å². The van der Waals surface area contributed by atoms with Gasteiger partial charge in [0.1, 0.15) is 0 Å². The summed E-state index contributed by atoms with van der Waals surface area (Å²) >= 11 is 0. The van der Waals surface area contributed by atoms with Crippen molar-refractivity contribution in [3.05, 3.63) is 35.9 Å². The van der Waals surface area contributed by atoms with Crippen LogP contribution >= 0.6 is 0 Å². The number of carboxylic acid groups (broad SMARTS) is 1. The predicted molar refractivity (Wildman–Crippen MR) is 59.9 cm³/mol. The average Bonchev–Trinajstić information content (AvgIpc) is 2.16. The van der Waals surface area contributed by atoms with Crippen LogP contribution in [0.1, 0.15) is 19.4 Å². The Balaban J connectivity index is 2.52. The third-order valence-electron chi connectivity index (χ3n) is 2.21. The largest absolute Gasteiger partial charge is 0.480 e. The summed E-state index contributed by atoms with van der Waals surface area (Å²) in [5.41, 5.74) is 1.01. The second kappa shape index (κ2) is 4.94. The van der Waals surface area contributed by atoms with Gasteiger partial charge < -0.3 is 10.4 Å². The topological polar surface area (TPSA) is 49.3 Å². The number of nitrogens with one attached hydrogen (secondary N) is 1. The first-order valence-electron chi connectivity index (χ1n) is 5.00. The summed E-state index contributed by atoms with van der Waals surface area (Å²) in [5, 5.41) is 11.6. The van der Waals surface area contributed by atoms with E-state index in [0.717, 1.165) is 6.42 Å². The molecule has 1 aromatic rings. The quantitative estimate of drug-likeness (QED) is 0.772. The van der Waals surface area contributed by atoms with E-state index in [4.69, 9.17) is 5.11 Å². The molecule has 1 rings (SSSR count). The lowest BCUT2D eigenvalue weighted by atomic mass is 9.95. The maximum Gasteiger partial charge on any atom is 0.317 e. The van der Waals surface area contributed by atoms with Crippen LogP contribution in [-0.2, 0) is 11.2 Å². The van der Waals surface area contributed by atoms with Gasteiger partial charge in [0.05, 0.1) is 6.54 Å². The SMILES string of the molecule is CC(C)(Cc1ccccc1)NCC(=O)O. The van der Waals surface area contributed by atoms with Gasteiger partial charge in [-0.15, -0.1) is 0 Å². The highest BCUT2D eigenvalue weighted by Crippen LogP contribution is 2.11. The van der Waals surface area contributed by atoms with Gasteiger partial charge in [-0.25, -0.2) is 0 Å². The molecule has 0 spiro atoms. The highest BCUT2D eigenvalue weighted by molar-refractivity contribution is 5.69. The Morgan fingerprint density at radius 1 is 1.33 bits per heavy atom. The molecule has 1 aromatic carbocycles. The lowest BCUT2D eigenvalue weighted by molar-refractivity contribution is -0.136. The first-order valence-corrected chi connectivity index (χ1v) is 5.00. The van der Waals surface area contributed by atoms with Crippen LogP contribution in [0.25, 0.3) is 0 Å². The number of carbonyl (C=O) groups is 1. The van der Waals surface area contributed by atoms with Crippen LogP contribution in [0.2, 0.25) is 0 Å². The number of hydrogen-bond donors (Lipinski definition) is 2. The molecule has 0 aromatic heterocycles. The maximum atomic E-state index is 10.4. The van der Waals surface area contributed by atoms with E-state index < -0.39 is 5.97 Å². The fourth-order valence-corrected chi connectivity index (χ4v) is 1.48. The Morgan fingerprint density at radius 2 is 1.93 bits per heavy atom. The van der Waals surface area contributed by atoms with Crippen molar-refractivity contribution < 1.29 is 9.90 Å². The highest BCUT2D eigenvalue weighted by atomic mass is 16.4. The van der Waals surface area contributed by atoms with E-state index in [1.165, 1.54) is 5.56 Å². The summed E-state index contributed by atoms with van der Waals surface area (Å²) in [7, 11) is 0. The number of rotatable bonds is 5. The van der Waals surface area contributed by atoms with Crippen LogP contribution in [0, 0.1) is 0 Å². The molecule has 15 heavy (non-hydrogen) atoms. The van der Waals surface area contributed by atoms with E-state index in [0.29, 0.717) is 0 Å². The average molecular weight is 207 g/mol. The second-order valence-electron chi connectivity index (χ2n) is 4.29. The van der Waals surface area contributed by atoms with Crippen LogP contribution in [-0.4, -0.2) is 23.2 Å². The molecule has 3 nitrogen and oxygen atoms in total. The standard InChI is InChI=1S/C12H17NO2/c1-12(2,13-9-11(14)15)8-10-6-4-3-5-7-10/h3-7,13H,8-9H2,1-2H3,(H,14,15). The molecule has 3 heteroatoms. The summed E-state index contributed by atoms with van der Waals surface area (Å²) < 4.78 is 0. The van der Waals surface area contributed by atoms with E-state index in [9.17, 15) is 4.79 Å². The number of hydrogen-bond acceptors (Lipinski definition) is 2. The van der Waals surface area contributed by atoms with E-state index in [1.54, 1.807) is 0 Å². The predicted octanol–water partition coefficient (Wildman–Crippen LogP) is 1.68. The highest BCUT2D eigenvalue weighted by Gasteiger charge is 2.18. The van der Waals surface area contributed by atoms with Crippen molar-refractivity contribution in [3.63, 3.8) is 0 Å². The molecule has 0 saturated carbocycles. The van der Waals surface area contributed by atoms with Gasteiger partial charge in [-0.3, -0.25) is 4.79 Å². The van der Waals surface area contributed by atoms with E-state index in [-0.39, 0.29) is 12.1 Å². The molecule has 0 amide bonds. The lowest BCUT2D eigenvalue weighted by Gasteiger charge is -2.25. The van der Waals surface area contributed by atoms with Crippen LogP contribution in [0.4, 0.5) is 0 Å². The first-order chi connectivity index (χ1) is 6.99. The van der Waals surface area contributed by atoms with Crippen molar-refractivity contribution in [2.75, 3.05) is 6.54 Å². The molecule has 0 aliphatic rings. The zero-order valence-corrected chi connectivity index (χ0v) is 9.16. The third kappa shape index (κ3) is 4.61. The van der Waals surface area contributed by atoms with Crippen molar-refractivity contribution in [2.45, 2.75) is 25.8 Å². The van der Waals surface area contributed by atoms with Crippen LogP contribution in [0.15, 0.2) is 30.3 Å². The normalized spacial score (nSPS) is 11.3. The summed E-state index contributed by atoms with van der Waals surface area (Å²) in [4.78, 5) is 10.4. The van der Waals surface area contributed by atoms with Gasteiger partial charge in [-0.2, -0.15) is 0 Å². The summed E-state index contributed by atoms with van der Waals surface area (Å²) in [6.45, 7) is 4.01. The minimum atomic E-state index is -0.823. The molecular weight excluding hydrogens is 190 g/mol. The van der Waals surface area contributed by atoms with E-state index in [1.807, 2.05) is 44.2 Å². The Hall–Kier alpha value is -1.35. The van der Waals surface area contributed by atoms with Crippen molar-refractivity contribution in [1.29, 1.82) is 0 Å². The lowest BCUT2D eigenvalue weighted by Crippen LogP contribution is -2.43. The molecule has 0 atom stereocenters. The molecule has 0 bridgehead atoms. The van der Waals surface area contributed by atoms with Gasteiger partial charge in [-0.1, -0.05) is 30.3 Å². The number of aliphatic carboxylic acids is 1. The van der Waals surface area contributed by atoms with Gasteiger partial charge in [0, 0.05) is 5.54 Å². The van der Waals surface area contributed by atoms with E-state index in [2.05, 4.69) is 5.32 Å². The van der Waals surface area contributed by atoms with Gasteiger partial charge in [0.25, 0.3) is 0 Å². The molecule has 0 aliphatic heterocycles. The fourth-order valence-electron chi connectivity index (χ4n) is 1.48. The molecule has 0 radical (unpaired) electrons. The number of carboxylic acids is 1. The molecule has 0 saturated heterocycles. The van der Waals surface area contributed by atoms with Crippen molar-refractivity contribution in [2.24, 2.45) is 0 Å². The Labute approximate surface area is 90.1 Å². The van der Waals surface area contributed by atoms with Crippen molar-refractivity contribution in [3.8, 4) is 0 Å². The second-order valence-corrected chi connectivity index (χ2v) is 4.29. The zero-order chi connectivity index (χ0) is 11.3. The minimum Gasteiger partial charge on any atom is -0.480 e. The smallest absolute Gasteiger partial charge is 0.317 e. The Kier molecular flexibility index (Phi) is 3.86. The van der Waals surface area contributed by atoms with Gasteiger partial charge >= 0.3 is 5.97 Å². The minimum absolute atomic E-state index is 0.000165. The summed E-state index contributed by atoms with van der Waals surface area (Å²) in [6.07, 6.45) is 0.821. The van der Waals surface area contributed by atoms with E-state index >= 15 is 0 Å². The summed E-state index contributed by atoms with van der Waals surface area (Å²) in [6, 6.07) is 10.0. The monoisotopic (exact) mass is 207 g/mol. The maximum absolute atomic E-state index is 10.4. The van der Waals surface area contributed by atoms with Crippen molar-refractivity contribution >= 4 is 5.97 Å². The van der Waals surface area contributed by atoms with Crippen LogP contribution in [0.5, 0.6) is 0 Å². The Bertz CT molecular complexity index is 320.